The minimum atomic E-state index is -4.50. The van der Waals surface area contributed by atoms with Crippen LogP contribution in [0.4, 0.5) is 19.0 Å². The maximum atomic E-state index is 13.8. The molecule has 2 atom stereocenters. The van der Waals surface area contributed by atoms with E-state index in [-0.39, 0.29) is 29.0 Å². The van der Waals surface area contributed by atoms with Crippen LogP contribution in [0.15, 0.2) is 22.0 Å². The number of halogens is 4. The summed E-state index contributed by atoms with van der Waals surface area (Å²) in [5, 5.41) is 16.0. The van der Waals surface area contributed by atoms with Crippen LogP contribution in [0.1, 0.15) is 50.8 Å². The molecule has 0 unspecified atom stereocenters. The van der Waals surface area contributed by atoms with Crippen molar-refractivity contribution in [3.05, 3.63) is 49.5 Å². The Hall–Kier alpha value is -2.34. The molecule has 0 saturated carbocycles. The number of hydrogen-bond donors (Lipinski definition) is 2. The molecule has 7 nitrogen and oxygen atoms in total. The van der Waals surface area contributed by atoms with E-state index < -0.39 is 24.2 Å². The number of rotatable bonds is 4. The predicted molar refractivity (Wildman–Crippen MR) is 114 cm³/mol. The summed E-state index contributed by atoms with van der Waals surface area (Å²) in [6, 6.07) is 1.23. The summed E-state index contributed by atoms with van der Waals surface area (Å²) >= 11 is 4.68. The second kappa shape index (κ2) is 7.97. The summed E-state index contributed by atoms with van der Waals surface area (Å²) in [5.41, 5.74) is 2.45. The van der Waals surface area contributed by atoms with Gasteiger partial charge in [-0.1, -0.05) is 6.07 Å². The number of nitrogens with zero attached hydrogens (tertiary/aromatic N) is 4. The third kappa shape index (κ3) is 3.98. The average Bonchev–Trinajstić information content (AvgIpc) is 3.40. The van der Waals surface area contributed by atoms with Crippen molar-refractivity contribution in [3.8, 4) is 0 Å². The van der Waals surface area contributed by atoms with Gasteiger partial charge in [0.15, 0.2) is 11.7 Å². The lowest BCUT2D eigenvalue weighted by Crippen LogP contribution is -2.35. The van der Waals surface area contributed by atoms with E-state index in [1.165, 1.54) is 11.3 Å². The van der Waals surface area contributed by atoms with Crippen LogP contribution >= 0.6 is 27.3 Å². The van der Waals surface area contributed by atoms with E-state index in [0.29, 0.717) is 0 Å². The third-order valence-electron chi connectivity index (χ3n) is 5.48. The number of fused-ring (bicyclic) bond motifs is 1. The Bertz CT molecular complexity index is 1120. The molecule has 166 valence electrons. The number of thiophene rings is 1. The predicted octanol–water partition coefficient (Wildman–Crippen LogP) is 4.65. The zero-order valence-corrected chi connectivity index (χ0v) is 19.3. The number of aromatic nitrogens is 4. The summed E-state index contributed by atoms with van der Waals surface area (Å²) < 4.78 is 44.3. The van der Waals surface area contributed by atoms with Crippen LogP contribution in [0.25, 0.3) is 0 Å². The Morgan fingerprint density at radius 1 is 1.39 bits per heavy atom. The molecule has 0 aliphatic carbocycles. The third-order valence-corrected chi connectivity index (χ3v) is 7.22. The highest BCUT2D eigenvalue weighted by atomic mass is 79.9. The molecule has 0 saturated heterocycles. The second-order valence-corrected chi connectivity index (χ2v) is 9.19. The summed E-state index contributed by atoms with van der Waals surface area (Å²) in [5.74, 6) is -0.419. The van der Waals surface area contributed by atoms with E-state index in [1.54, 1.807) is 23.9 Å². The second-order valence-electron chi connectivity index (χ2n) is 7.42. The Balaban J connectivity index is 1.63. The topological polar surface area (TPSA) is 76.8 Å². The van der Waals surface area contributed by atoms with Crippen molar-refractivity contribution in [1.82, 2.24) is 24.9 Å². The Kier molecular flexibility index (Phi) is 5.63. The molecule has 3 aromatic rings. The number of alkyl halides is 3. The van der Waals surface area contributed by atoms with Crippen LogP contribution in [0.3, 0.4) is 0 Å². The van der Waals surface area contributed by atoms with Crippen LogP contribution < -0.4 is 10.6 Å². The zero-order chi connectivity index (χ0) is 22.5. The first kappa shape index (κ1) is 21.9. The molecule has 2 N–H and O–H groups in total. The van der Waals surface area contributed by atoms with Crippen molar-refractivity contribution in [2.75, 3.05) is 5.32 Å². The number of hydrogen-bond acceptors (Lipinski definition) is 5. The van der Waals surface area contributed by atoms with Gasteiger partial charge in [-0.05, 0) is 41.2 Å². The van der Waals surface area contributed by atoms with Crippen LogP contribution in [0.5, 0.6) is 0 Å². The molecule has 0 fully saturated rings. The maximum absolute atomic E-state index is 13.8. The van der Waals surface area contributed by atoms with Gasteiger partial charge < -0.3 is 10.6 Å². The van der Waals surface area contributed by atoms with Crippen LogP contribution in [0.2, 0.25) is 0 Å². The van der Waals surface area contributed by atoms with Gasteiger partial charge in [0.1, 0.15) is 5.82 Å². The van der Waals surface area contributed by atoms with Crippen LogP contribution in [-0.4, -0.2) is 31.6 Å². The molecule has 4 heterocycles. The highest BCUT2D eigenvalue weighted by Crippen LogP contribution is 2.46. The fourth-order valence-electron chi connectivity index (χ4n) is 3.74. The number of carbonyl (C=O) groups excluding carboxylic acids is 1. The van der Waals surface area contributed by atoms with Crippen molar-refractivity contribution in [2.45, 2.75) is 45.1 Å². The number of nitrogens with one attached hydrogen (secondary N) is 2. The summed E-state index contributed by atoms with van der Waals surface area (Å²) in [6.45, 7) is 3.92. The molecular weight excluding hydrogens is 497 g/mol. The number of aryl methyl sites for hydroxylation is 2. The summed E-state index contributed by atoms with van der Waals surface area (Å²) in [4.78, 5) is 13.6. The normalized spacial score (nSPS) is 18.5. The molecule has 0 spiro atoms. The SMILES string of the molecule is Cc1nn(C)c(C)c1CNC(=O)c1nn2c(c1Br)N[C@H](c1cccs1)C[C@H]2C(F)(F)F. The van der Waals surface area contributed by atoms with Crippen molar-refractivity contribution in [3.63, 3.8) is 0 Å². The first-order valence-electron chi connectivity index (χ1n) is 9.49. The molecular formula is C19H20BrF3N6OS. The molecule has 4 rings (SSSR count). The van der Waals surface area contributed by atoms with Gasteiger partial charge in [-0.25, -0.2) is 4.68 Å². The first-order chi connectivity index (χ1) is 14.6. The quantitative estimate of drug-likeness (QED) is 0.529. The van der Waals surface area contributed by atoms with E-state index in [2.05, 4.69) is 36.8 Å². The summed E-state index contributed by atoms with van der Waals surface area (Å²) in [7, 11) is 1.81. The lowest BCUT2D eigenvalue weighted by atomic mass is 10.0. The van der Waals surface area contributed by atoms with Gasteiger partial charge in [0.2, 0.25) is 0 Å². The van der Waals surface area contributed by atoms with E-state index in [1.807, 2.05) is 19.2 Å². The van der Waals surface area contributed by atoms with E-state index in [9.17, 15) is 18.0 Å². The van der Waals surface area contributed by atoms with Crippen molar-refractivity contribution < 1.29 is 18.0 Å². The van der Waals surface area contributed by atoms with Crippen molar-refractivity contribution in [1.29, 1.82) is 0 Å². The van der Waals surface area contributed by atoms with Crippen LogP contribution in [0, 0.1) is 13.8 Å². The highest BCUT2D eigenvalue weighted by Gasteiger charge is 2.48. The molecule has 12 heteroatoms. The fourth-order valence-corrected chi connectivity index (χ4v) is 5.08. The maximum Gasteiger partial charge on any atom is 0.410 e. The molecule has 0 radical (unpaired) electrons. The van der Waals surface area contributed by atoms with Gasteiger partial charge in [-0.3, -0.25) is 9.48 Å². The highest BCUT2D eigenvalue weighted by molar-refractivity contribution is 9.10. The Morgan fingerprint density at radius 2 is 2.13 bits per heavy atom. The van der Waals surface area contributed by atoms with Gasteiger partial charge >= 0.3 is 6.18 Å². The average molecular weight is 517 g/mol. The minimum Gasteiger partial charge on any atom is -0.362 e. The standard InChI is InChI=1S/C19H20BrF3N6OS/c1-9-11(10(2)28(3)26-9)8-24-18(30)16-15(20)17-25-12(13-5-4-6-31-13)7-14(19(21,22)23)29(17)27-16/h4-6,12,14,25H,7-8H2,1-3H3,(H,24,30)/t12-,14-/m0/s1. The van der Waals surface area contributed by atoms with Gasteiger partial charge in [-0.15, -0.1) is 11.3 Å². The van der Waals surface area contributed by atoms with E-state index >= 15 is 0 Å². The lowest BCUT2D eigenvalue weighted by molar-refractivity contribution is -0.173. The molecule has 1 aliphatic heterocycles. The van der Waals surface area contributed by atoms with Gasteiger partial charge in [0.05, 0.1) is 16.2 Å². The first-order valence-corrected chi connectivity index (χ1v) is 11.2. The zero-order valence-electron chi connectivity index (χ0n) is 16.9. The molecule has 1 aliphatic rings. The molecule has 3 aromatic heterocycles. The lowest BCUT2D eigenvalue weighted by Gasteiger charge is -2.33. The van der Waals surface area contributed by atoms with Crippen molar-refractivity contribution in [2.24, 2.45) is 7.05 Å². The molecule has 31 heavy (non-hydrogen) atoms. The minimum absolute atomic E-state index is 0.0947. The molecule has 0 bridgehead atoms. The monoisotopic (exact) mass is 516 g/mol. The Labute approximate surface area is 188 Å². The van der Waals surface area contributed by atoms with E-state index in [4.69, 9.17) is 0 Å². The van der Waals surface area contributed by atoms with Crippen LogP contribution in [-0.2, 0) is 13.6 Å². The number of anilines is 1. The summed E-state index contributed by atoms with van der Waals surface area (Å²) in [6.07, 6.45) is -4.71. The Morgan fingerprint density at radius 3 is 2.71 bits per heavy atom. The van der Waals surface area contributed by atoms with Gasteiger partial charge in [-0.2, -0.15) is 23.4 Å². The van der Waals surface area contributed by atoms with Crippen molar-refractivity contribution >= 4 is 39.0 Å². The van der Waals surface area contributed by atoms with Gasteiger partial charge in [0, 0.05) is 36.1 Å². The molecule has 1 amide bonds. The van der Waals surface area contributed by atoms with E-state index in [0.717, 1.165) is 26.5 Å². The largest absolute Gasteiger partial charge is 0.410 e. The number of amides is 1. The fraction of sp³-hybridized carbons (Fsp3) is 0.421. The smallest absolute Gasteiger partial charge is 0.362 e. The van der Waals surface area contributed by atoms with Gasteiger partial charge in [0.25, 0.3) is 5.91 Å². The molecule has 0 aromatic carbocycles. The number of carbonyl (C=O) groups is 1.